The van der Waals surface area contributed by atoms with E-state index < -0.39 is 0 Å². The first-order valence-corrected chi connectivity index (χ1v) is 7.84. The van der Waals surface area contributed by atoms with E-state index in [1.165, 1.54) is 23.3 Å². The predicted molar refractivity (Wildman–Crippen MR) is 90.0 cm³/mol. The monoisotopic (exact) mass is 350 g/mol. The zero-order valence-corrected chi connectivity index (χ0v) is 14.0. The molecule has 0 amide bonds. The highest BCUT2D eigenvalue weighted by Crippen LogP contribution is 2.22. The molecule has 0 radical (unpaired) electrons. The van der Waals surface area contributed by atoms with Crippen LogP contribution in [0.2, 0.25) is 0 Å². The highest BCUT2D eigenvalue weighted by molar-refractivity contribution is 9.10. The van der Waals surface area contributed by atoms with E-state index in [0.29, 0.717) is 0 Å². The summed E-state index contributed by atoms with van der Waals surface area (Å²) in [7, 11) is 2.01. The van der Waals surface area contributed by atoms with Crippen molar-refractivity contribution in [1.82, 2.24) is 5.32 Å². The van der Waals surface area contributed by atoms with E-state index in [2.05, 4.69) is 51.3 Å². The Morgan fingerprint density at radius 1 is 1.14 bits per heavy atom. The SMILES string of the molecule is CCNCc1ccc(CN(C)c2ccc(F)cc2)c(Br)c1. The molecule has 0 fully saturated rings. The largest absolute Gasteiger partial charge is 0.370 e. The number of hydrogen-bond donors (Lipinski definition) is 1. The van der Waals surface area contributed by atoms with Crippen LogP contribution in [0, 0.1) is 5.82 Å². The number of benzene rings is 2. The Labute approximate surface area is 134 Å². The van der Waals surface area contributed by atoms with Crippen molar-refractivity contribution in [2.45, 2.75) is 20.0 Å². The van der Waals surface area contributed by atoms with Crippen LogP contribution < -0.4 is 10.2 Å². The van der Waals surface area contributed by atoms with E-state index in [9.17, 15) is 4.39 Å². The average molecular weight is 351 g/mol. The molecule has 4 heteroatoms. The molecule has 0 aromatic heterocycles. The van der Waals surface area contributed by atoms with E-state index in [1.807, 2.05) is 7.05 Å². The maximum Gasteiger partial charge on any atom is 0.123 e. The molecule has 0 saturated carbocycles. The molecule has 0 bridgehead atoms. The maximum atomic E-state index is 13.0. The molecule has 21 heavy (non-hydrogen) atoms. The quantitative estimate of drug-likeness (QED) is 0.833. The van der Waals surface area contributed by atoms with Gasteiger partial charge in [-0.3, -0.25) is 0 Å². The van der Waals surface area contributed by atoms with Gasteiger partial charge in [-0.15, -0.1) is 0 Å². The molecular weight excluding hydrogens is 331 g/mol. The van der Waals surface area contributed by atoms with Gasteiger partial charge in [0.2, 0.25) is 0 Å². The Morgan fingerprint density at radius 2 is 1.86 bits per heavy atom. The number of nitrogens with one attached hydrogen (secondary N) is 1. The molecule has 1 N–H and O–H groups in total. The summed E-state index contributed by atoms with van der Waals surface area (Å²) in [6, 6.07) is 13.0. The van der Waals surface area contributed by atoms with E-state index in [4.69, 9.17) is 0 Å². The zero-order chi connectivity index (χ0) is 15.2. The highest BCUT2D eigenvalue weighted by Gasteiger charge is 2.06. The molecule has 0 aliphatic rings. The van der Waals surface area contributed by atoms with Gasteiger partial charge >= 0.3 is 0 Å². The lowest BCUT2D eigenvalue weighted by Crippen LogP contribution is -2.17. The Balaban J connectivity index is 2.06. The summed E-state index contributed by atoms with van der Waals surface area (Å²) < 4.78 is 14.1. The van der Waals surface area contributed by atoms with Crippen LogP contribution in [-0.4, -0.2) is 13.6 Å². The molecule has 112 valence electrons. The number of nitrogens with zero attached hydrogens (tertiary/aromatic N) is 1. The van der Waals surface area contributed by atoms with Gasteiger partial charge in [0.05, 0.1) is 0 Å². The second-order valence-corrected chi connectivity index (χ2v) is 5.89. The van der Waals surface area contributed by atoms with Gasteiger partial charge in [-0.25, -0.2) is 4.39 Å². The summed E-state index contributed by atoms with van der Waals surface area (Å²) in [5, 5.41) is 3.32. The summed E-state index contributed by atoms with van der Waals surface area (Å²) in [5.74, 6) is -0.207. The Kier molecular flexibility index (Phi) is 5.76. The lowest BCUT2D eigenvalue weighted by Gasteiger charge is -2.20. The fourth-order valence-electron chi connectivity index (χ4n) is 2.14. The van der Waals surface area contributed by atoms with Crippen LogP contribution in [0.25, 0.3) is 0 Å². The van der Waals surface area contributed by atoms with Crippen molar-refractivity contribution in [3.63, 3.8) is 0 Å². The molecule has 0 heterocycles. The minimum atomic E-state index is -0.207. The summed E-state index contributed by atoms with van der Waals surface area (Å²) in [5.41, 5.74) is 3.47. The maximum absolute atomic E-state index is 13.0. The fourth-order valence-corrected chi connectivity index (χ4v) is 2.69. The van der Waals surface area contributed by atoms with Gasteiger partial charge in [-0.1, -0.05) is 35.0 Å². The highest BCUT2D eigenvalue weighted by atomic mass is 79.9. The molecule has 2 rings (SSSR count). The topological polar surface area (TPSA) is 15.3 Å². The van der Waals surface area contributed by atoms with Crippen molar-refractivity contribution in [3.8, 4) is 0 Å². The summed E-state index contributed by atoms with van der Waals surface area (Å²) >= 11 is 3.64. The third kappa shape index (κ3) is 4.55. The van der Waals surface area contributed by atoms with Crippen LogP contribution >= 0.6 is 15.9 Å². The van der Waals surface area contributed by atoms with Gasteiger partial charge in [0, 0.05) is 30.3 Å². The van der Waals surface area contributed by atoms with E-state index in [1.54, 1.807) is 12.1 Å². The van der Waals surface area contributed by atoms with Gasteiger partial charge in [0.25, 0.3) is 0 Å². The van der Waals surface area contributed by atoms with Crippen LogP contribution in [-0.2, 0) is 13.1 Å². The Hall–Kier alpha value is -1.39. The zero-order valence-electron chi connectivity index (χ0n) is 12.4. The molecule has 2 aromatic rings. The van der Waals surface area contributed by atoms with E-state index in [0.717, 1.165) is 29.8 Å². The molecule has 0 saturated heterocycles. The number of hydrogen-bond acceptors (Lipinski definition) is 2. The van der Waals surface area contributed by atoms with Crippen molar-refractivity contribution >= 4 is 21.6 Å². The lowest BCUT2D eigenvalue weighted by molar-refractivity contribution is 0.627. The first-order valence-electron chi connectivity index (χ1n) is 7.05. The lowest BCUT2D eigenvalue weighted by atomic mass is 10.1. The normalized spacial score (nSPS) is 10.7. The minimum absolute atomic E-state index is 0.207. The van der Waals surface area contributed by atoms with Crippen molar-refractivity contribution in [1.29, 1.82) is 0 Å². The number of anilines is 1. The number of rotatable bonds is 6. The van der Waals surface area contributed by atoms with Gasteiger partial charge < -0.3 is 10.2 Å². The molecule has 2 aromatic carbocycles. The molecule has 0 aliphatic carbocycles. The van der Waals surface area contributed by atoms with Crippen LogP contribution in [0.3, 0.4) is 0 Å². The molecular formula is C17H20BrFN2. The molecule has 0 aliphatic heterocycles. The predicted octanol–water partition coefficient (Wildman–Crippen LogP) is 4.33. The third-order valence-electron chi connectivity index (χ3n) is 3.37. The van der Waals surface area contributed by atoms with Crippen molar-refractivity contribution in [2.75, 3.05) is 18.5 Å². The molecule has 0 atom stereocenters. The fraction of sp³-hybridized carbons (Fsp3) is 0.294. The second-order valence-electron chi connectivity index (χ2n) is 5.04. The first-order chi connectivity index (χ1) is 10.1. The van der Waals surface area contributed by atoms with Gasteiger partial charge in [0.15, 0.2) is 0 Å². The second kappa shape index (κ2) is 7.57. The van der Waals surface area contributed by atoms with Crippen molar-refractivity contribution in [2.24, 2.45) is 0 Å². The molecule has 2 nitrogen and oxygen atoms in total. The Morgan fingerprint density at radius 3 is 2.48 bits per heavy atom. The summed E-state index contributed by atoms with van der Waals surface area (Å²) in [6.07, 6.45) is 0. The van der Waals surface area contributed by atoms with Crippen LogP contribution in [0.15, 0.2) is 46.9 Å². The summed E-state index contributed by atoms with van der Waals surface area (Å²) in [6.45, 7) is 4.71. The van der Waals surface area contributed by atoms with Crippen molar-refractivity contribution in [3.05, 3.63) is 63.9 Å². The standard InChI is InChI=1S/C17H20BrFN2/c1-3-20-11-13-4-5-14(17(18)10-13)12-21(2)16-8-6-15(19)7-9-16/h4-10,20H,3,11-12H2,1-2H3. The third-order valence-corrected chi connectivity index (χ3v) is 4.11. The molecule has 0 unspecified atom stereocenters. The van der Waals surface area contributed by atoms with Gasteiger partial charge in [0.1, 0.15) is 5.82 Å². The van der Waals surface area contributed by atoms with Gasteiger partial charge in [-0.2, -0.15) is 0 Å². The average Bonchev–Trinajstić information content (AvgIpc) is 2.48. The van der Waals surface area contributed by atoms with Crippen LogP contribution in [0.5, 0.6) is 0 Å². The first kappa shape index (κ1) is 16.0. The van der Waals surface area contributed by atoms with Gasteiger partial charge in [-0.05, 0) is 48.0 Å². The molecule has 0 spiro atoms. The van der Waals surface area contributed by atoms with Crippen molar-refractivity contribution < 1.29 is 4.39 Å². The van der Waals surface area contributed by atoms with E-state index >= 15 is 0 Å². The van der Waals surface area contributed by atoms with Crippen LogP contribution in [0.1, 0.15) is 18.1 Å². The smallest absolute Gasteiger partial charge is 0.123 e. The van der Waals surface area contributed by atoms with Crippen LogP contribution in [0.4, 0.5) is 10.1 Å². The Bertz CT molecular complexity index is 584. The minimum Gasteiger partial charge on any atom is -0.370 e. The number of halogens is 2. The summed E-state index contributed by atoms with van der Waals surface area (Å²) in [4.78, 5) is 2.10. The van der Waals surface area contributed by atoms with E-state index in [-0.39, 0.29) is 5.82 Å².